The van der Waals surface area contributed by atoms with E-state index in [9.17, 15) is 10.1 Å². The van der Waals surface area contributed by atoms with Gasteiger partial charge in [-0.3, -0.25) is 16.0 Å². The summed E-state index contributed by atoms with van der Waals surface area (Å²) in [7, 11) is 0. The SMILES string of the molecule is Cc1ccc(C)c(Oc2cc(NN)cc([N+](=O)[O-])c2)c1C. The molecule has 0 saturated carbocycles. The second-order valence-electron chi connectivity index (χ2n) is 4.87. The molecule has 6 heteroatoms. The summed E-state index contributed by atoms with van der Waals surface area (Å²) in [6.45, 7) is 5.88. The largest absolute Gasteiger partial charge is 0.456 e. The standard InChI is InChI=1S/C15H17N3O3/c1-9-4-5-10(2)15(11(9)3)21-14-7-12(17-16)6-13(8-14)18(19)20/h4-8,17H,16H2,1-3H3. The van der Waals surface area contributed by atoms with Gasteiger partial charge in [-0.25, -0.2) is 0 Å². The molecule has 0 unspecified atom stereocenters. The molecule has 2 aromatic rings. The first-order valence-corrected chi connectivity index (χ1v) is 6.43. The minimum Gasteiger partial charge on any atom is -0.456 e. The van der Waals surface area contributed by atoms with Crippen molar-refractivity contribution in [2.45, 2.75) is 20.8 Å². The third-order valence-corrected chi connectivity index (χ3v) is 3.36. The average Bonchev–Trinajstić information content (AvgIpc) is 2.47. The highest BCUT2D eigenvalue weighted by Crippen LogP contribution is 2.33. The Hall–Kier alpha value is -2.60. The highest BCUT2D eigenvalue weighted by atomic mass is 16.6. The maximum Gasteiger partial charge on any atom is 0.275 e. The smallest absolute Gasteiger partial charge is 0.275 e. The number of nitro groups is 1. The lowest BCUT2D eigenvalue weighted by Gasteiger charge is -2.14. The zero-order valence-corrected chi connectivity index (χ0v) is 12.1. The Labute approximate surface area is 122 Å². The first-order chi connectivity index (χ1) is 9.92. The Morgan fingerprint density at radius 2 is 1.81 bits per heavy atom. The van der Waals surface area contributed by atoms with Gasteiger partial charge in [-0.15, -0.1) is 0 Å². The van der Waals surface area contributed by atoms with E-state index in [4.69, 9.17) is 10.6 Å². The van der Waals surface area contributed by atoms with Crippen LogP contribution in [0.5, 0.6) is 11.5 Å². The van der Waals surface area contributed by atoms with Gasteiger partial charge in [-0.1, -0.05) is 12.1 Å². The lowest BCUT2D eigenvalue weighted by Crippen LogP contribution is -2.07. The van der Waals surface area contributed by atoms with Gasteiger partial charge in [0.05, 0.1) is 16.7 Å². The maximum absolute atomic E-state index is 10.9. The number of aryl methyl sites for hydroxylation is 2. The number of anilines is 1. The van der Waals surface area contributed by atoms with Gasteiger partial charge in [-0.2, -0.15) is 0 Å². The van der Waals surface area contributed by atoms with Gasteiger partial charge in [0.25, 0.3) is 5.69 Å². The number of ether oxygens (including phenoxy) is 1. The molecule has 0 saturated heterocycles. The van der Waals surface area contributed by atoms with E-state index in [-0.39, 0.29) is 5.69 Å². The number of hydrogen-bond acceptors (Lipinski definition) is 5. The lowest BCUT2D eigenvalue weighted by atomic mass is 10.1. The Bertz CT molecular complexity index is 699. The fourth-order valence-corrected chi connectivity index (χ4v) is 2.03. The van der Waals surface area contributed by atoms with Crippen LogP contribution >= 0.6 is 0 Å². The van der Waals surface area contributed by atoms with Gasteiger partial charge in [0.15, 0.2) is 0 Å². The summed E-state index contributed by atoms with van der Waals surface area (Å²) in [5, 5.41) is 10.9. The van der Waals surface area contributed by atoms with Crippen molar-refractivity contribution in [1.82, 2.24) is 0 Å². The number of nitro benzene ring substituents is 1. The second-order valence-corrected chi connectivity index (χ2v) is 4.87. The van der Waals surface area contributed by atoms with Crippen LogP contribution in [0.4, 0.5) is 11.4 Å². The zero-order chi connectivity index (χ0) is 15.6. The predicted octanol–water partition coefficient (Wildman–Crippen LogP) is 3.60. The van der Waals surface area contributed by atoms with Crippen molar-refractivity contribution >= 4 is 11.4 Å². The monoisotopic (exact) mass is 287 g/mol. The molecule has 0 radical (unpaired) electrons. The molecular weight excluding hydrogens is 270 g/mol. The molecule has 110 valence electrons. The summed E-state index contributed by atoms with van der Waals surface area (Å²) in [5.41, 5.74) is 5.81. The van der Waals surface area contributed by atoms with E-state index in [1.54, 1.807) is 6.07 Å². The molecule has 0 spiro atoms. The number of hydrogen-bond donors (Lipinski definition) is 2. The molecule has 0 fully saturated rings. The first-order valence-electron chi connectivity index (χ1n) is 6.43. The third-order valence-electron chi connectivity index (χ3n) is 3.36. The number of non-ortho nitro benzene ring substituents is 1. The summed E-state index contributed by atoms with van der Waals surface area (Å²) in [5.74, 6) is 6.41. The molecule has 2 aromatic carbocycles. The summed E-state index contributed by atoms with van der Waals surface area (Å²) in [6, 6.07) is 8.31. The van der Waals surface area contributed by atoms with Gasteiger partial charge >= 0.3 is 0 Å². The van der Waals surface area contributed by atoms with Gasteiger partial charge in [-0.05, 0) is 37.5 Å². The van der Waals surface area contributed by atoms with Crippen molar-refractivity contribution in [3.63, 3.8) is 0 Å². The molecule has 2 rings (SSSR count). The van der Waals surface area contributed by atoms with Crippen LogP contribution in [0.15, 0.2) is 30.3 Å². The van der Waals surface area contributed by atoms with E-state index in [2.05, 4.69) is 5.43 Å². The van der Waals surface area contributed by atoms with Gasteiger partial charge < -0.3 is 10.2 Å². The van der Waals surface area contributed by atoms with E-state index in [0.29, 0.717) is 17.2 Å². The van der Waals surface area contributed by atoms with E-state index in [0.717, 1.165) is 16.7 Å². The summed E-state index contributed by atoms with van der Waals surface area (Å²) < 4.78 is 5.85. The molecule has 0 aliphatic rings. The van der Waals surface area contributed by atoms with Gasteiger partial charge in [0, 0.05) is 12.1 Å². The molecule has 0 atom stereocenters. The van der Waals surface area contributed by atoms with Crippen molar-refractivity contribution < 1.29 is 9.66 Å². The van der Waals surface area contributed by atoms with Crippen LogP contribution in [0.3, 0.4) is 0 Å². The van der Waals surface area contributed by atoms with E-state index >= 15 is 0 Å². The molecular formula is C15H17N3O3. The Balaban J connectivity index is 2.47. The van der Waals surface area contributed by atoms with Crippen molar-refractivity contribution in [3.8, 4) is 11.5 Å². The molecule has 0 aromatic heterocycles. The topological polar surface area (TPSA) is 90.4 Å². The van der Waals surface area contributed by atoms with Crippen LogP contribution in [-0.4, -0.2) is 4.92 Å². The Morgan fingerprint density at radius 3 is 2.43 bits per heavy atom. The van der Waals surface area contributed by atoms with Crippen molar-refractivity contribution in [2.75, 3.05) is 5.43 Å². The zero-order valence-electron chi connectivity index (χ0n) is 12.1. The Morgan fingerprint density at radius 1 is 1.14 bits per heavy atom. The normalized spacial score (nSPS) is 10.3. The van der Waals surface area contributed by atoms with Crippen LogP contribution in [0.1, 0.15) is 16.7 Å². The number of nitrogens with zero attached hydrogens (tertiary/aromatic N) is 1. The molecule has 0 aliphatic carbocycles. The second kappa shape index (κ2) is 5.80. The minimum absolute atomic E-state index is 0.0802. The minimum atomic E-state index is -0.482. The number of rotatable bonds is 4. The average molecular weight is 287 g/mol. The van der Waals surface area contributed by atoms with Gasteiger partial charge in [0.2, 0.25) is 0 Å². The number of nitrogens with two attached hydrogens (primary N) is 1. The van der Waals surface area contributed by atoms with Crippen molar-refractivity contribution in [1.29, 1.82) is 0 Å². The molecule has 0 heterocycles. The molecule has 0 aliphatic heterocycles. The predicted molar refractivity (Wildman–Crippen MR) is 81.6 cm³/mol. The van der Waals surface area contributed by atoms with Gasteiger partial charge in [0.1, 0.15) is 11.5 Å². The number of hydrazine groups is 1. The third kappa shape index (κ3) is 3.11. The number of benzene rings is 2. The fraction of sp³-hybridized carbons (Fsp3) is 0.200. The van der Waals surface area contributed by atoms with Crippen LogP contribution < -0.4 is 16.0 Å². The number of nitrogen functional groups attached to an aromatic ring is 1. The fourth-order valence-electron chi connectivity index (χ4n) is 2.03. The quantitative estimate of drug-likeness (QED) is 0.509. The molecule has 21 heavy (non-hydrogen) atoms. The molecule has 3 N–H and O–H groups in total. The molecule has 6 nitrogen and oxygen atoms in total. The highest BCUT2D eigenvalue weighted by molar-refractivity contribution is 5.57. The van der Waals surface area contributed by atoms with Crippen molar-refractivity contribution in [3.05, 3.63) is 57.1 Å². The molecule has 0 bridgehead atoms. The maximum atomic E-state index is 10.9. The van der Waals surface area contributed by atoms with Crippen LogP contribution in [0, 0.1) is 30.9 Å². The van der Waals surface area contributed by atoms with Crippen molar-refractivity contribution in [2.24, 2.45) is 5.84 Å². The first kappa shape index (κ1) is 14.8. The van der Waals surface area contributed by atoms with E-state index in [1.807, 2.05) is 32.9 Å². The van der Waals surface area contributed by atoms with Crippen LogP contribution in [-0.2, 0) is 0 Å². The Kier molecular flexibility index (Phi) is 4.09. The summed E-state index contributed by atoms with van der Waals surface area (Å²) in [6.07, 6.45) is 0. The molecule has 0 amide bonds. The van der Waals surface area contributed by atoms with E-state index < -0.39 is 4.92 Å². The number of nitrogens with one attached hydrogen (secondary N) is 1. The highest BCUT2D eigenvalue weighted by Gasteiger charge is 2.13. The summed E-state index contributed by atoms with van der Waals surface area (Å²) >= 11 is 0. The van der Waals surface area contributed by atoms with Crippen LogP contribution in [0.25, 0.3) is 0 Å². The van der Waals surface area contributed by atoms with E-state index in [1.165, 1.54) is 12.1 Å². The van der Waals surface area contributed by atoms with Crippen LogP contribution in [0.2, 0.25) is 0 Å². The summed E-state index contributed by atoms with van der Waals surface area (Å²) in [4.78, 5) is 10.5. The lowest BCUT2D eigenvalue weighted by molar-refractivity contribution is -0.384.